The topological polar surface area (TPSA) is 21.3 Å². The molecular weight excluding hydrogens is 234 g/mol. The fraction of sp³-hybridized carbons (Fsp3) is 0.176. The van der Waals surface area contributed by atoms with Crippen LogP contribution in [0.4, 0.5) is 0 Å². The highest BCUT2D eigenvalue weighted by atomic mass is 16.5. The van der Waals surface area contributed by atoms with Gasteiger partial charge in [0.25, 0.3) is 0 Å². The molecule has 2 heteroatoms. The molecule has 0 fully saturated rings. The molecule has 2 aromatic rings. The number of hydrogen-bond donors (Lipinski definition) is 1. The van der Waals surface area contributed by atoms with Crippen molar-refractivity contribution in [2.24, 2.45) is 0 Å². The lowest BCUT2D eigenvalue weighted by molar-refractivity contribution is 0.370. The second-order valence-corrected chi connectivity index (χ2v) is 4.13. The Balaban J connectivity index is 1.84. The highest BCUT2D eigenvalue weighted by Crippen LogP contribution is 2.11. The van der Waals surface area contributed by atoms with Crippen LogP contribution in [0.2, 0.25) is 0 Å². The van der Waals surface area contributed by atoms with Crippen LogP contribution >= 0.6 is 0 Å². The number of ether oxygens (including phenoxy) is 1. The van der Waals surface area contributed by atoms with Gasteiger partial charge in [-0.3, -0.25) is 0 Å². The molecule has 19 heavy (non-hydrogen) atoms. The first-order chi connectivity index (χ1) is 9.38. The summed E-state index contributed by atoms with van der Waals surface area (Å²) in [5.74, 6) is 6.92. The average molecular weight is 251 g/mol. The number of rotatable bonds is 4. The molecule has 2 nitrogen and oxygen atoms in total. The van der Waals surface area contributed by atoms with Gasteiger partial charge in [0.2, 0.25) is 0 Å². The van der Waals surface area contributed by atoms with E-state index in [1.165, 1.54) is 5.56 Å². The van der Waals surface area contributed by atoms with Crippen molar-refractivity contribution in [2.75, 3.05) is 13.7 Å². The third-order valence-corrected chi connectivity index (χ3v) is 2.62. The lowest BCUT2D eigenvalue weighted by atomic mass is 10.2. The van der Waals surface area contributed by atoms with Crippen LogP contribution in [0.25, 0.3) is 0 Å². The van der Waals surface area contributed by atoms with Gasteiger partial charge in [-0.05, 0) is 36.9 Å². The van der Waals surface area contributed by atoms with Gasteiger partial charge in [-0.15, -0.1) is 0 Å². The SMILES string of the molecule is CNCc1ccc(OCC#Cc2ccccc2)cc1. The van der Waals surface area contributed by atoms with Crippen molar-refractivity contribution < 1.29 is 4.74 Å². The van der Waals surface area contributed by atoms with Gasteiger partial charge in [-0.2, -0.15) is 0 Å². The molecule has 0 aliphatic rings. The van der Waals surface area contributed by atoms with Crippen LogP contribution in [0, 0.1) is 11.8 Å². The number of nitrogens with one attached hydrogen (secondary N) is 1. The van der Waals surface area contributed by atoms with Crippen LogP contribution in [-0.2, 0) is 6.54 Å². The summed E-state index contributed by atoms with van der Waals surface area (Å²) in [6, 6.07) is 17.9. The van der Waals surface area contributed by atoms with E-state index in [0.717, 1.165) is 17.9 Å². The van der Waals surface area contributed by atoms with Gasteiger partial charge in [0.15, 0.2) is 0 Å². The summed E-state index contributed by atoms with van der Waals surface area (Å²) in [6.07, 6.45) is 0. The summed E-state index contributed by atoms with van der Waals surface area (Å²) in [5.41, 5.74) is 2.25. The second-order valence-electron chi connectivity index (χ2n) is 4.13. The highest BCUT2D eigenvalue weighted by Gasteiger charge is 1.93. The summed E-state index contributed by atoms with van der Waals surface area (Å²) in [6.45, 7) is 1.27. The molecule has 0 atom stereocenters. The molecule has 0 aliphatic heterocycles. The Bertz CT molecular complexity index is 549. The molecule has 2 aromatic carbocycles. The van der Waals surface area contributed by atoms with Gasteiger partial charge in [-0.25, -0.2) is 0 Å². The molecule has 0 saturated carbocycles. The summed E-state index contributed by atoms with van der Waals surface area (Å²) >= 11 is 0. The Morgan fingerprint density at radius 3 is 2.42 bits per heavy atom. The molecule has 0 bridgehead atoms. The first-order valence-electron chi connectivity index (χ1n) is 6.29. The number of hydrogen-bond acceptors (Lipinski definition) is 2. The smallest absolute Gasteiger partial charge is 0.149 e. The van der Waals surface area contributed by atoms with E-state index in [9.17, 15) is 0 Å². The van der Waals surface area contributed by atoms with Gasteiger partial charge in [0.05, 0.1) is 0 Å². The zero-order valence-corrected chi connectivity index (χ0v) is 11.0. The van der Waals surface area contributed by atoms with Crippen LogP contribution in [-0.4, -0.2) is 13.7 Å². The fourth-order valence-electron chi connectivity index (χ4n) is 1.69. The predicted molar refractivity (Wildman–Crippen MR) is 78.0 cm³/mol. The van der Waals surface area contributed by atoms with Crippen molar-refractivity contribution in [1.29, 1.82) is 0 Å². The van der Waals surface area contributed by atoms with Gasteiger partial charge in [-0.1, -0.05) is 42.2 Å². The van der Waals surface area contributed by atoms with Crippen molar-refractivity contribution in [3.8, 4) is 17.6 Å². The van der Waals surface area contributed by atoms with E-state index in [1.54, 1.807) is 0 Å². The molecule has 0 unspecified atom stereocenters. The second kappa shape index (κ2) is 7.25. The molecule has 0 aromatic heterocycles. The van der Waals surface area contributed by atoms with Crippen molar-refractivity contribution >= 4 is 0 Å². The van der Waals surface area contributed by atoms with E-state index >= 15 is 0 Å². The van der Waals surface area contributed by atoms with E-state index in [4.69, 9.17) is 4.74 Å². The maximum atomic E-state index is 5.57. The zero-order valence-electron chi connectivity index (χ0n) is 11.0. The lowest BCUT2D eigenvalue weighted by Crippen LogP contribution is -2.04. The Hall–Kier alpha value is -2.24. The van der Waals surface area contributed by atoms with Gasteiger partial charge in [0, 0.05) is 12.1 Å². The van der Waals surface area contributed by atoms with Crippen LogP contribution in [0.3, 0.4) is 0 Å². The van der Waals surface area contributed by atoms with E-state index in [0.29, 0.717) is 6.61 Å². The van der Waals surface area contributed by atoms with Gasteiger partial charge < -0.3 is 10.1 Å². The highest BCUT2D eigenvalue weighted by molar-refractivity contribution is 5.34. The fourth-order valence-corrected chi connectivity index (χ4v) is 1.69. The van der Waals surface area contributed by atoms with E-state index in [1.807, 2.05) is 49.5 Å². The van der Waals surface area contributed by atoms with Crippen LogP contribution in [0.15, 0.2) is 54.6 Å². The van der Waals surface area contributed by atoms with Gasteiger partial charge >= 0.3 is 0 Å². The van der Waals surface area contributed by atoms with Crippen LogP contribution in [0.5, 0.6) is 5.75 Å². The first-order valence-corrected chi connectivity index (χ1v) is 6.29. The standard InChI is InChI=1S/C17H17NO/c1-18-14-16-9-11-17(12-10-16)19-13-5-8-15-6-3-2-4-7-15/h2-4,6-7,9-12,18H,13-14H2,1H3. The molecule has 2 rings (SSSR count). The Labute approximate surface area is 114 Å². The zero-order chi connectivity index (χ0) is 13.3. The Morgan fingerprint density at radius 1 is 1.00 bits per heavy atom. The molecule has 0 spiro atoms. The average Bonchev–Trinajstić information content (AvgIpc) is 2.47. The van der Waals surface area contributed by atoms with Crippen molar-refractivity contribution in [3.63, 3.8) is 0 Å². The minimum absolute atomic E-state index is 0.403. The maximum absolute atomic E-state index is 5.57. The van der Waals surface area contributed by atoms with Crippen LogP contribution < -0.4 is 10.1 Å². The molecule has 1 N–H and O–H groups in total. The Kier molecular flexibility index (Phi) is 5.04. The molecular formula is C17H17NO. The van der Waals surface area contributed by atoms with Gasteiger partial charge in [0.1, 0.15) is 12.4 Å². The summed E-state index contributed by atoms with van der Waals surface area (Å²) in [7, 11) is 1.93. The van der Waals surface area contributed by atoms with Crippen molar-refractivity contribution in [3.05, 3.63) is 65.7 Å². The minimum Gasteiger partial charge on any atom is -0.481 e. The molecule has 0 saturated heterocycles. The Morgan fingerprint density at radius 2 is 1.74 bits per heavy atom. The van der Waals surface area contributed by atoms with Crippen LogP contribution in [0.1, 0.15) is 11.1 Å². The predicted octanol–water partition coefficient (Wildman–Crippen LogP) is 2.84. The first kappa shape index (κ1) is 13.2. The normalized spacial score (nSPS) is 9.53. The summed E-state index contributed by atoms with van der Waals surface area (Å²) < 4.78 is 5.57. The third kappa shape index (κ3) is 4.50. The molecule has 0 aliphatic carbocycles. The molecule has 96 valence electrons. The lowest BCUT2D eigenvalue weighted by Gasteiger charge is -2.03. The van der Waals surface area contributed by atoms with E-state index in [2.05, 4.69) is 29.3 Å². The van der Waals surface area contributed by atoms with E-state index in [-0.39, 0.29) is 0 Å². The molecule has 0 heterocycles. The van der Waals surface area contributed by atoms with Crippen molar-refractivity contribution in [1.82, 2.24) is 5.32 Å². The third-order valence-electron chi connectivity index (χ3n) is 2.62. The number of benzene rings is 2. The maximum Gasteiger partial charge on any atom is 0.149 e. The quantitative estimate of drug-likeness (QED) is 0.844. The summed E-state index contributed by atoms with van der Waals surface area (Å²) in [5, 5.41) is 3.11. The summed E-state index contributed by atoms with van der Waals surface area (Å²) in [4.78, 5) is 0. The molecule has 0 radical (unpaired) electrons. The molecule has 0 amide bonds. The minimum atomic E-state index is 0.403. The monoisotopic (exact) mass is 251 g/mol. The largest absolute Gasteiger partial charge is 0.481 e. The van der Waals surface area contributed by atoms with Crippen molar-refractivity contribution in [2.45, 2.75) is 6.54 Å². The van der Waals surface area contributed by atoms with E-state index < -0.39 is 0 Å².